The number of rotatable bonds is 1. The van der Waals surface area contributed by atoms with E-state index >= 15 is 0 Å². The van der Waals surface area contributed by atoms with Crippen molar-refractivity contribution in [2.45, 2.75) is 6.43 Å². The largest absolute Gasteiger partial charge is 0.398 e. The molecule has 12 heavy (non-hydrogen) atoms. The van der Waals surface area contributed by atoms with Gasteiger partial charge in [-0.05, 0) is 22.0 Å². The maximum atomic E-state index is 12.2. The molecule has 2 nitrogen and oxygen atoms in total. The molecule has 2 N–H and O–H groups in total. The number of halogens is 4. The Morgan fingerprint density at radius 1 is 1.58 bits per heavy atom. The van der Waals surface area contributed by atoms with Gasteiger partial charge in [-0.2, -0.15) is 0 Å². The van der Waals surface area contributed by atoms with Crippen molar-refractivity contribution >= 4 is 33.2 Å². The predicted octanol–water partition coefficient (Wildman–Crippen LogP) is 3.02. The molecule has 0 unspecified atom stereocenters. The number of anilines is 1. The van der Waals surface area contributed by atoms with Crippen molar-refractivity contribution in [2.75, 3.05) is 5.73 Å². The summed E-state index contributed by atoms with van der Waals surface area (Å²) in [5.74, 6) is 0. The zero-order valence-electron chi connectivity index (χ0n) is 5.69. The van der Waals surface area contributed by atoms with E-state index in [4.69, 9.17) is 17.3 Å². The minimum Gasteiger partial charge on any atom is -0.398 e. The number of nitrogen functional groups attached to an aromatic ring is 1. The van der Waals surface area contributed by atoms with Crippen LogP contribution in [-0.4, -0.2) is 4.98 Å². The Kier molecular flexibility index (Phi) is 2.85. The lowest BCUT2D eigenvalue weighted by Gasteiger charge is -2.04. The van der Waals surface area contributed by atoms with Crippen molar-refractivity contribution in [3.05, 3.63) is 21.4 Å². The lowest BCUT2D eigenvalue weighted by atomic mass is 10.3. The third kappa shape index (κ3) is 1.84. The van der Waals surface area contributed by atoms with E-state index in [9.17, 15) is 8.78 Å². The second-order valence-electron chi connectivity index (χ2n) is 2.03. The fourth-order valence-corrected chi connectivity index (χ4v) is 1.27. The number of alkyl halides is 2. The third-order valence-electron chi connectivity index (χ3n) is 1.19. The van der Waals surface area contributed by atoms with E-state index in [0.717, 1.165) is 0 Å². The van der Waals surface area contributed by atoms with E-state index in [1.165, 1.54) is 6.07 Å². The highest BCUT2D eigenvalue weighted by molar-refractivity contribution is 9.10. The SMILES string of the molecule is Nc1cc(Cl)nc(C(F)F)c1Br. The average Bonchev–Trinajstić information content (AvgIpc) is 1.96. The van der Waals surface area contributed by atoms with E-state index in [1.807, 2.05) is 0 Å². The Morgan fingerprint density at radius 2 is 2.17 bits per heavy atom. The highest BCUT2D eigenvalue weighted by Crippen LogP contribution is 2.31. The lowest BCUT2D eigenvalue weighted by molar-refractivity contribution is 0.145. The maximum absolute atomic E-state index is 12.2. The Hall–Kier alpha value is -0.420. The summed E-state index contributed by atoms with van der Waals surface area (Å²) >= 11 is 8.31. The molecule has 0 aliphatic rings. The van der Waals surface area contributed by atoms with Crippen LogP contribution in [0, 0.1) is 0 Å². The van der Waals surface area contributed by atoms with Crippen LogP contribution in [0.15, 0.2) is 10.5 Å². The average molecular weight is 257 g/mol. The van der Waals surface area contributed by atoms with Gasteiger partial charge in [-0.1, -0.05) is 11.6 Å². The number of hydrogen-bond acceptors (Lipinski definition) is 2. The molecule has 1 rings (SSSR count). The van der Waals surface area contributed by atoms with Crippen LogP contribution in [-0.2, 0) is 0 Å². The summed E-state index contributed by atoms with van der Waals surface area (Å²) in [6.07, 6.45) is -2.68. The molecule has 0 aliphatic carbocycles. The van der Waals surface area contributed by atoms with Crippen LogP contribution in [0.5, 0.6) is 0 Å². The monoisotopic (exact) mass is 256 g/mol. The first kappa shape index (κ1) is 9.67. The summed E-state index contributed by atoms with van der Waals surface area (Å²) < 4.78 is 24.5. The van der Waals surface area contributed by atoms with E-state index in [0.29, 0.717) is 0 Å². The zero-order valence-corrected chi connectivity index (χ0v) is 8.03. The van der Waals surface area contributed by atoms with Crippen LogP contribution >= 0.6 is 27.5 Å². The Balaban J connectivity index is 3.28. The molecule has 0 atom stereocenters. The maximum Gasteiger partial charge on any atom is 0.281 e. The Bertz CT molecular complexity index is 306. The minimum atomic E-state index is -2.68. The molecule has 0 bridgehead atoms. The van der Waals surface area contributed by atoms with Gasteiger partial charge in [-0.25, -0.2) is 13.8 Å². The molecule has 0 saturated heterocycles. The topological polar surface area (TPSA) is 38.9 Å². The van der Waals surface area contributed by atoms with Crippen LogP contribution in [0.4, 0.5) is 14.5 Å². The summed E-state index contributed by atoms with van der Waals surface area (Å²) in [7, 11) is 0. The van der Waals surface area contributed by atoms with Crippen molar-refractivity contribution < 1.29 is 8.78 Å². The smallest absolute Gasteiger partial charge is 0.281 e. The minimum absolute atomic E-state index is 0.0361. The fourth-order valence-electron chi connectivity index (χ4n) is 0.681. The van der Waals surface area contributed by atoms with Gasteiger partial charge in [0.2, 0.25) is 0 Å². The first-order chi connectivity index (χ1) is 5.52. The van der Waals surface area contributed by atoms with E-state index in [2.05, 4.69) is 20.9 Å². The second kappa shape index (κ2) is 3.53. The molecule has 0 aromatic carbocycles. The normalized spacial score (nSPS) is 10.8. The van der Waals surface area contributed by atoms with Crippen molar-refractivity contribution in [3.8, 4) is 0 Å². The van der Waals surface area contributed by atoms with Crippen molar-refractivity contribution in [2.24, 2.45) is 0 Å². The van der Waals surface area contributed by atoms with Gasteiger partial charge in [-0.3, -0.25) is 0 Å². The zero-order chi connectivity index (χ0) is 9.30. The highest BCUT2D eigenvalue weighted by atomic mass is 79.9. The molecular formula is C6H4BrClF2N2. The standard InChI is InChI=1S/C6H4BrClF2N2/c7-4-2(11)1-3(8)12-5(4)6(9)10/h1,6H,(H2,11,12). The van der Waals surface area contributed by atoms with Crippen LogP contribution in [0.3, 0.4) is 0 Å². The molecule has 1 aromatic rings. The summed E-state index contributed by atoms with van der Waals surface area (Å²) in [6.45, 7) is 0. The van der Waals surface area contributed by atoms with Gasteiger partial charge >= 0.3 is 0 Å². The summed E-state index contributed by atoms with van der Waals surface area (Å²) in [5, 5.41) is -0.0361. The van der Waals surface area contributed by atoms with Crippen LogP contribution in [0.2, 0.25) is 5.15 Å². The van der Waals surface area contributed by atoms with Crippen molar-refractivity contribution in [1.29, 1.82) is 0 Å². The molecule has 0 aliphatic heterocycles. The summed E-state index contributed by atoms with van der Waals surface area (Å²) in [5.41, 5.74) is 5.08. The number of pyridine rings is 1. The number of aromatic nitrogens is 1. The predicted molar refractivity (Wildman–Crippen MR) is 46.3 cm³/mol. The molecule has 1 heterocycles. The number of nitrogens with two attached hydrogens (primary N) is 1. The third-order valence-corrected chi connectivity index (χ3v) is 2.24. The first-order valence-corrected chi connectivity index (χ1v) is 4.09. The lowest BCUT2D eigenvalue weighted by Crippen LogP contribution is -1.97. The summed E-state index contributed by atoms with van der Waals surface area (Å²) in [4.78, 5) is 3.42. The van der Waals surface area contributed by atoms with Crippen LogP contribution in [0.25, 0.3) is 0 Å². The van der Waals surface area contributed by atoms with E-state index in [-0.39, 0.29) is 15.3 Å². The van der Waals surface area contributed by atoms with Crippen molar-refractivity contribution in [1.82, 2.24) is 4.98 Å². The molecule has 0 fully saturated rings. The van der Waals surface area contributed by atoms with Crippen molar-refractivity contribution in [3.63, 3.8) is 0 Å². The van der Waals surface area contributed by atoms with Crippen LogP contribution < -0.4 is 5.73 Å². The highest BCUT2D eigenvalue weighted by Gasteiger charge is 2.16. The second-order valence-corrected chi connectivity index (χ2v) is 3.21. The molecule has 1 aromatic heterocycles. The van der Waals surface area contributed by atoms with Gasteiger partial charge in [-0.15, -0.1) is 0 Å². The number of nitrogens with zero attached hydrogens (tertiary/aromatic N) is 1. The fraction of sp³-hybridized carbons (Fsp3) is 0.167. The Morgan fingerprint density at radius 3 is 2.67 bits per heavy atom. The Labute approximate surface area is 80.9 Å². The summed E-state index contributed by atoms with van der Waals surface area (Å²) in [6, 6.07) is 1.30. The first-order valence-electron chi connectivity index (χ1n) is 2.92. The van der Waals surface area contributed by atoms with Gasteiger partial charge in [0.05, 0.1) is 10.2 Å². The molecule has 0 saturated carbocycles. The molecule has 6 heteroatoms. The quantitative estimate of drug-likeness (QED) is 0.786. The van der Waals surface area contributed by atoms with Gasteiger partial charge in [0.15, 0.2) is 0 Å². The van der Waals surface area contributed by atoms with Crippen LogP contribution in [0.1, 0.15) is 12.1 Å². The molecule has 66 valence electrons. The van der Waals surface area contributed by atoms with Gasteiger partial charge in [0, 0.05) is 0 Å². The molecule has 0 amide bonds. The molecule has 0 spiro atoms. The number of hydrogen-bond donors (Lipinski definition) is 1. The van der Waals surface area contributed by atoms with E-state index in [1.54, 1.807) is 0 Å². The van der Waals surface area contributed by atoms with Gasteiger partial charge in [0.25, 0.3) is 6.43 Å². The van der Waals surface area contributed by atoms with Gasteiger partial charge < -0.3 is 5.73 Å². The van der Waals surface area contributed by atoms with E-state index < -0.39 is 12.1 Å². The van der Waals surface area contributed by atoms with Gasteiger partial charge in [0.1, 0.15) is 10.8 Å². The molecule has 0 radical (unpaired) electrons. The molecular weight excluding hydrogens is 253 g/mol.